The fourth-order valence-electron chi connectivity index (χ4n) is 2.46. The van der Waals surface area contributed by atoms with Crippen LogP contribution < -0.4 is 0 Å². The zero-order valence-electron chi connectivity index (χ0n) is 12.6. The molecule has 0 fully saturated rings. The highest BCUT2D eigenvalue weighted by atomic mass is 16.3. The van der Waals surface area contributed by atoms with Crippen molar-refractivity contribution in [2.45, 2.75) is 52.6 Å². The Morgan fingerprint density at radius 2 is 1.06 bits per heavy atom. The summed E-state index contributed by atoms with van der Waals surface area (Å²) < 4.78 is 0. The molecule has 4 heteroatoms. The molecule has 2 atom stereocenters. The highest BCUT2D eigenvalue weighted by Gasteiger charge is 2.18. The molecular formula is C14H32N2O2. The number of aliphatic hydroxyl groups is 2. The van der Waals surface area contributed by atoms with Crippen LogP contribution in [0.1, 0.15) is 40.5 Å². The minimum atomic E-state index is 0.230. The van der Waals surface area contributed by atoms with E-state index in [9.17, 15) is 10.2 Å². The summed E-state index contributed by atoms with van der Waals surface area (Å²) in [6.07, 6.45) is 1.96. The molecule has 0 spiro atoms. The molecule has 110 valence electrons. The second kappa shape index (κ2) is 10.7. The van der Waals surface area contributed by atoms with E-state index in [4.69, 9.17) is 0 Å². The number of likely N-dealkylation sites (N-methyl/N-ethyl adjacent to an activating group) is 2. The summed E-state index contributed by atoms with van der Waals surface area (Å²) in [5.74, 6) is 0. The van der Waals surface area contributed by atoms with Gasteiger partial charge < -0.3 is 10.2 Å². The van der Waals surface area contributed by atoms with Crippen molar-refractivity contribution in [3.05, 3.63) is 0 Å². The van der Waals surface area contributed by atoms with Gasteiger partial charge >= 0.3 is 0 Å². The first-order valence-electron chi connectivity index (χ1n) is 7.38. The SMILES string of the molecule is CCC(CO)N(CC)CCN(CC)C(CC)CO. The van der Waals surface area contributed by atoms with E-state index in [0.717, 1.165) is 39.0 Å². The number of hydrogen-bond donors (Lipinski definition) is 2. The van der Waals surface area contributed by atoms with Gasteiger partial charge in [0.2, 0.25) is 0 Å². The number of nitrogens with zero attached hydrogens (tertiary/aromatic N) is 2. The zero-order valence-corrected chi connectivity index (χ0v) is 12.6. The van der Waals surface area contributed by atoms with Crippen LogP contribution in [0.3, 0.4) is 0 Å². The lowest BCUT2D eigenvalue weighted by Gasteiger charge is -2.34. The third-order valence-corrected chi connectivity index (χ3v) is 3.88. The molecule has 18 heavy (non-hydrogen) atoms. The largest absolute Gasteiger partial charge is 0.395 e. The van der Waals surface area contributed by atoms with Crippen LogP contribution in [0, 0.1) is 0 Å². The Kier molecular flexibility index (Phi) is 10.6. The average Bonchev–Trinajstić information content (AvgIpc) is 2.42. The monoisotopic (exact) mass is 260 g/mol. The molecule has 0 aromatic heterocycles. The predicted molar refractivity (Wildman–Crippen MR) is 76.8 cm³/mol. The average molecular weight is 260 g/mol. The summed E-state index contributed by atoms with van der Waals surface area (Å²) in [5.41, 5.74) is 0. The third-order valence-electron chi connectivity index (χ3n) is 3.88. The first-order valence-corrected chi connectivity index (χ1v) is 7.38. The van der Waals surface area contributed by atoms with Gasteiger partial charge in [0, 0.05) is 25.2 Å². The molecule has 0 aliphatic heterocycles. The summed E-state index contributed by atoms with van der Waals surface area (Å²) in [6, 6.07) is 0.533. The number of rotatable bonds is 11. The molecule has 4 nitrogen and oxygen atoms in total. The van der Waals surface area contributed by atoms with Crippen molar-refractivity contribution in [3.8, 4) is 0 Å². The fourth-order valence-corrected chi connectivity index (χ4v) is 2.46. The maximum Gasteiger partial charge on any atom is 0.0586 e. The molecule has 0 aliphatic rings. The lowest BCUT2D eigenvalue weighted by atomic mass is 10.2. The molecule has 0 aliphatic carbocycles. The summed E-state index contributed by atoms with van der Waals surface area (Å²) in [6.45, 7) is 12.8. The molecule has 0 bridgehead atoms. The minimum Gasteiger partial charge on any atom is -0.395 e. The molecule has 0 saturated carbocycles. The first kappa shape index (κ1) is 17.8. The van der Waals surface area contributed by atoms with E-state index < -0.39 is 0 Å². The van der Waals surface area contributed by atoms with Gasteiger partial charge in [0.05, 0.1) is 13.2 Å². The minimum absolute atomic E-state index is 0.230. The van der Waals surface area contributed by atoms with Crippen molar-refractivity contribution >= 4 is 0 Å². The highest BCUT2D eigenvalue weighted by molar-refractivity contribution is 4.73. The fraction of sp³-hybridized carbons (Fsp3) is 1.00. The Bertz CT molecular complexity index is 163. The molecule has 0 heterocycles. The van der Waals surface area contributed by atoms with Gasteiger partial charge in [-0.25, -0.2) is 0 Å². The van der Waals surface area contributed by atoms with Crippen molar-refractivity contribution in [1.82, 2.24) is 9.80 Å². The molecular weight excluding hydrogens is 228 g/mol. The van der Waals surface area contributed by atoms with E-state index in [2.05, 4.69) is 37.5 Å². The van der Waals surface area contributed by atoms with Crippen LogP contribution in [0.15, 0.2) is 0 Å². The summed E-state index contributed by atoms with van der Waals surface area (Å²) in [4.78, 5) is 4.65. The number of aliphatic hydroxyl groups excluding tert-OH is 2. The van der Waals surface area contributed by atoms with Crippen molar-refractivity contribution < 1.29 is 10.2 Å². The predicted octanol–water partition coefficient (Wildman–Crippen LogP) is 1.17. The maximum absolute atomic E-state index is 9.36. The van der Waals surface area contributed by atoms with Crippen molar-refractivity contribution in [3.63, 3.8) is 0 Å². The van der Waals surface area contributed by atoms with E-state index >= 15 is 0 Å². The lowest BCUT2D eigenvalue weighted by molar-refractivity contribution is 0.0827. The molecule has 0 aromatic rings. The van der Waals surface area contributed by atoms with Gasteiger partial charge in [-0.1, -0.05) is 27.7 Å². The lowest BCUT2D eigenvalue weighted by Crippen LogP contribution is -2.46. The van der Waals surface area contributed by atoms with Crippen LogP contribution in [-0.2, 0) is 0 Å². The van der Waals surface area contributed by atoms with Gasteiger partial charge in [0.1, 0.15) is 0 Å². The highest BCUT2D eigenvalue weighted by Crippen LogP contribution is 2.07. The van der Waals surface area contributed by atoms with E-state index in [0.29, 0.717) is 0 Å². The Labute approximate surface area is 113 Å². The Morgan fingerprint density at radius 3 is 1.22 bits per heavy atom. The summed E-state index contributed by atoms with van der Waals surface area (Å²) in [7, 11) is 0. The van der Waals surface area contributed by atoms with Crippen LogP contribution in [0.4, 0.5) is 0 Å². The van der Waals surface area contributed by atoms with Crippen molar-refractivity contribution in [2.75, 3.05) is 39.4 Å². The Balaban J connectivity index is 4.30. The van der Waals surface area contributed by atoms with Gasteiger partial charge in [0.25, 0.3) is 0 Å². The van der Waals surface area contributed by atoms with E-state index in [1.54, 1.807) is 0 Å². The van der Waals surface area contributed by atoms with Gasteiger partial charge in [-0.15, -0.1) is 0 Å². The second-order valence-electron chi connectivity index (χ2n) is 4.75. The molecule has 2 unspecified atom stereocenters. The third kappa shape index (κ3) is 5.65. The van der Waals surface area contributed by atoms with Gasteiger partial charge in [0.15, 0.2) is 0 Å². The summed E-state index contributed by atoms with van der Waals surface area (Å²) in [5, 5.41) is 18.7. The normalized spacial score (nSPS) is 15.3. The topological polar surface area (TPSA) is 46.9 Å². The van der Waals surface area contributed by atoms with Crippen LogP contribution in [0.2, 0.25) is 0 Å². The van der Waals surface area contributed by atoms with Crippen LogP contribution in [0.25, 0.3) is 0 Å². The zero-order chi connectivity index (χ0) is 14.0. The first-order chi connectivity index (χ1) is 8.68. The van der Waals surface area contributed by atoms with Crippen molar-refractivity contribution in [1.29, 1.82) is 0 Å². The van der Waals surface area contributed by atoms with Crippen molar-refractivity contribution in [2.24, 2.45) is 0 Å². The van der Waals surface area contributed by atoms with E-state index in [-0.39, 0.29) is 25.3 Å². The van der Waals surface area contributed by atoms with Gasteiger partial charge in [-0.3, -0.25) is 9.80 Å². The van der Waals surface area contributed by atoms with E-state index in [1.807, 2.05) is 0 Å². The van der Waals surface area contributed by atoms with Crippen LogP contribution in [-0.4, -0.2) is 71.5 Å². The maximum atomic E-state index is 9.36. The number of hydrogen-bond acceptors (Lipinski definition) is 4. The molecule has 0 amide bonds. The Hall–Kier alpha value is -0.160. The quantitative estimate of drug-likeness (QED) is 0.585. The molecule has 2 N–H and O–H groups in total. The second-order valence-corrected chi connectivity index (χ2v) is 4.75. The van der Waals surface area contributed by atoms with Crippen LogP contribution in [0.5, 0.6) is 0 Å². The molecule has 0 rings (SSSR count). The standard InChI is InChI=1S/C14H32N2O2/c1-5-13(11-17)15(7-3)9-10-16(8-4)14(6-2)12-18/h13-14,17-18H,5-12H2,1-4H3. The van der Waals surface area contributed by atoms with Gasteiger partial charge in [-0.05, 0) is 25.9 Å². The smallest absolute Gasteiger partial charge is 0.0586 e. The Morgan fingerprint density at radius 1 is 0.722 bits per heavy atom. The van der Waals surface area contributed by atoms with E-state index in [1.165, 1.54) is 0 Å². The summed E-state index contributed by atoms with van der Waals surface area (Å²) >= 11 is 0. The van der Waals surface area contributed by atoms with Gasteiger partial charge in [-0.2, -0.15) is 0 Å². The van der Waals surface area contributed by atoms with Crippen LogP contribution >= 0.6 is 0 Å². The molecule has 0 radical (unpaired) electrons. The molecule has 0 aromatic carbocycles. The molecule has 0 saturated heterocycles.